The fourth-order valence-electron chi connectivity index (χ4n) is 1.56. The smallest absolute Gasteiger partial charge is 0.220 e. The predicted molar refractivity (Wildman–Crippen MR) is 55.1 cm³/mol. The first-order chi connectivity index (χ1) is 6.83. The summed E-state index contributed by atoms with van der Waals surface area (Å²) in [5.41, 5.74) is 0. The number of rotatable bonds is 6. The van der Waals surface area contributed by atoms with E-state index >= 15 is 0 Å². The molecule has 1 aliphatic heterocycles. The molecule has 0 saturated carbocycles. The quantitative estimate of drug-likeness (QED) is 0.606. The zero-order chi connectivity index (χ0) is 10.2. The molecule has 1 amide bonds. The van der Waals surface area contributed by atoms with Crippen molar-refractivity contribution in [2.75, 3.05) is 26.3 Å². The minimum absolute atomic E-state index is 0.151. The van der Waals surface area contributed by atoms with Gasteiger partial charge in [-0.2, -0.15) is 0 Å². The van der Waals surface area contributed by atoms with E-state index in [1.807, 2.05) is 6.92 Å². The molecule has 0 bridgehead atoms. The topological polar surface area (TPSA) is 50.4 Å². The Labute approximate surface area is 85.4 Å². The average molecular weight is 200 g/mol. The standard InChI is InChI=1S/C10H20N2O2/c1-2-14-7-3-4-10(13)12-9-5-6-11-8-9/h9,11H,2-8H2,1H3,(H,12,13). The van der Waals surface area contributed by atoms with Gasteiger partial charge >= 0.3 is 0 Å². The maximum atomic E-state index is 11.4. The first-order valence-corrected chi connectivity index (χ1v) is 5.40. The summed E-state index contributed by atoms with van der Waals surface area (Å²) in [6.07, 6.45) is 2.45. The van der Waals surface area contributed by atoms with E-state index in [1.54, 1.807) is 0 Å². The summed E-state index contributed by atoms with van der Waals surface area (Å²) in [7, 11) is 0. The van der Waals surface area contributed by atoms with Crippen LogP contribution in [-0.4, -0.2) is 38.3 Å². The Hall–Kier alpha value is -0.610. The van der Waals surface area contributed by atoms with E-state index in [0.717, 1.165) is 32.5 Å². The highest BCUT2D eigenvalue weighted by molar-refractivity contribution is 5.76. The van der Waals surface area contributed by atoms with Crippen LogP contribution in [0.1, 0.15) is 26.2 Å². The van der Waals surface area contributed by atoms with E-state index in [1.165, 1.54) is 0 Å². The minimum atomic E-state index is 0.151. The zero-order valence-corrected chi connectivity index (χ0v) is 8.84. The number of ether oxygens (including phenoxy) is 1. The van der Waals surface area contributed by atoms with Crippen LogP contribution in [0.5, 0.6) is 0 Å². The van der Waals surface area contributed by atoms with Crippen molar-refractivity contribution in [3.05, 3.63) is 0 Å². The second-order valence-corrected chi connectivity index (χ2v) is 3.56. The summed E-state index contributed by atoms with van der Waals surface area (Å²) in [6.45, 7) is 5.31. The molecule has 2 N–H and O–H groups in total. The molecule has 14 heavy (non-hydrogen) atoms. The molecule has 0 aromatic carbocycles. The molecule has 1 heterocycles. The normalized spacial score (nSPS) is 21.1. The molecule has 1 unspecified atom stereocenters. The number of hydrogen-bond donors (Lipinski definition) is 2. The van der Waals surface area contributed by atoms with E-state index in [-0.39, 0.29) is 5.91 Å². The number of amides is 1. The van der Waals surface area contributed by atoms with E-state index in [0.29, 0.717) is 19.1 Å². The molecule has 0 spiro atoms. The van der Waals surface area contributed by atoms with Crippen molar-refractivity contribution in [2.24, 2.45) is 0 Å². The van der Waals surface area contributed by atoms with Crippen molar-refractivity contribution >= 4 is 5.91 Å². The summed E-state index contributed by atoms with van der Waals surface area (Å²) in [5, 5.41) is 6.21. The van der Waals surface area contributed by atoms with Gasteiger partial charge < -0.3 is 15.4 Å². The first kappa shape index (κ1) is 11.5. The molecule has 1 aliphatic rings. The van der Waals surface area contributed by atoms with Gasteiger partial charge in [0.1, 0.15) is 0 Å². The number of hydrogen-bond acceptors (Lipinski definition) is 3. The highest BCUT2D eigenvalue weighted by Crippen LogP contribution is 1.98. The van der Waals surface area contributed by atoms with Gasteiger partial charge in [-0.05, 0) is 26.3 Å². The predicted octanol–water partition coefficient (Wildman–Crippen LogP) is 0.281. The largest absolute Gasteiger partial charge is 0.382 e. The van der Waals surface area contributed by atoms with Gasteiger partial charge in [0, 0.05) is 32.2 Å². The molecule has 0 aromatic heterocycles. The molecule has 1 atom stereocenters. The van der Waals surface area contributed by atoms with Gasteiger partial charge in [-0.1, -0.05) is 0 Å². The monoisotopic (exact) mass is 200 g/mol. The molecule has 0 aliphatic carbocycles. The fourth-order valence-corrected chi connectivity index (χ4v) is 1.56. The van der Waals surface area contributed by atoms with Crippen molar-refractivity contribution in [1.82, 2.24) is 10.6 Å². The summed E-state index contributed by atoms with van der Waals surface area (Å²) in [5.74, 6) is 0.151. The summed E-state index contributed by atoms with van der Waals surface area (Å²) >= 11 is 0. The van der Waals surface area contributed by atoms with Gasteiger partial charge in [0.05, 0.1) is 0 Å². The summed E-state index contributed by atoms with van der Waals surface area (Å²) in [4.78, 5) is 11.4. The Morgan fingerprint density at radius 2 is 2.50 bits per heavy atom. The SMILES string of the molecule is CCOCCCC(=O)NC1CCNC1. The van der Waals surface area contributed by atoms with Crippen molar-refractivity contribution in [2.45, 2.75) is 32.2 Å². The zero-order valence-electron chi connectivity index (χ0n) is 8.84. The second-order valence-electron chi connectivity index (χ2n) is 3.56. The highest BCUT2D eigenvalue weighted by Gasteiger charge is 2.15. The van der Waals surface area contributed by atoms with Crippen LogP contribution in [0.15, 0.2) is 0 Å². The van der Waals surface area contributed by atoms with Gasteiger partial charge in [-0.3, -0.25) is 4.79 Å². The lowest BCUT2D eigenvalue weighted by atomic mass is 10.2. The van der Waals surface area contributed by atoms with Crippen LogP contribution in [0.25, 0.3) is 0 Å². The lowest BCUT2D eigenvalue weighted by Crippen LogP contribution is -2.36. The van der Waals surface area contributed by atoms with Crippen molar-refractivity contribution in [1.29, 1.82) is 0 Å². The Morgan fingerprint density at radius 1 is 1.64 bits per heavy atom. The van der Waals surface area contributed by atoms with Crippen LogP contribution >= 0.6 is 0 Å². The molecule has 1 rings (SSSR count). The molecule has 0 aromatic rings. The lowest BCUT2D eigenvalue weighted by molar-refractivity contribution is -0.122. The van der Waals surface area contributed by atoms with E-state index in [2.05, 4.69) is 10.6 Å². The van der Waals surface area contributed by atoms with Crippen molar-refractivity contribution < 1.29 is 9.53 Å². The highest BCUT2D eigenvalue weighted by atomic mass is 16.5. The average Bonchev–Trinajstić information content (AvgIpc) is 2.65. The van der Waals surface area contributed by atoms with Crippen LogP contribution in [0.3, 0.4) is 0 Å². The van der Waals surface area contributed by atoms with Gasteiger partial charge in [0.15, 0.2) is 0 Å². The molecule has 1 fully saturated rings. The first-order valence-electron chi connectivity index (χ1n) is 5.40. The van der Waals surface area contributed by atoms with Gasteiger partial charge in [-0.15, -0.1) is 0 Å². The maximum absolute atomic E-state index is 11.4. The second kappa shape index (κ2) is 6.79. The van der Waals surface area contributed by atoms with Crippen LogP contribution < -0.4 is 10.6 Å². The third-order valence-electron chi connectivity index (χ3n) is 2.32. The van der Waals surface area contributed by atoms with Gasteiger partial charge in [0.25, 0.3) is 0 Å². The molecular weight excluding hydrogens is 180 g/mol. The number of nitrogens with one attached hydrogen (secondary N) is 2. The molecule has 4 nitrogen and oxygen atoms in total. The summed E-state index contributed by atoms with van der Waals surface area (Å²) < 4.78 is 5.16. The van der Waals surface area contributed by atoms with Gasteiger partial charge in [0.2, 0.25) is 5.91 Å². The number of carbonyl (C=O) groups excluding carboxylic acids is 1. The van der Waals surface area contributed by atoms with Crippen LogP contribution in [0.4, 0.5) is 0 Å². The van der Waals surface area contributed by atoms with Crippen LogP contribution in [-0.2, 0) is 9.53 Å². The molecule has 4 heteroatoms. The van der Waals surface area contributed by atoms with E-state index in [4.69, 9.17) is 4.74 Å². The Kier molecular flexibility index (Phi) is 5.56. The van der Waals surface area contributed by atoms with Crippen LogP contribution in [0, 0.1) is 0 Å². The molecule has 1 saturated heterocycles. The molecule has 82 valence electrons. The third kappa shape index (κ3) is 4.58. The molecular formula is C10H20N2O2. The van der Waals surface area contributed by atoms with E-state index in [9.17, 15) is 4.79 Å². The van der Waals surface area contributed by atoms with Crippen LogP contribution in [0.2, 0.25) is 0 Å². The Bertz CT molecular complexity index is 168. The fraction of sp³-hybridized carbons (Fsp3) is 0.900. The lowest BCUT2D eigenvalue weighted by Gasteiger charge is -2.10. The Balaban J connectivity index is 1.98. The van der Waals surface area contributed by atoms with E-state index < -0.39 is 0 Å². The number of carbonyl (C=O) groups is 1. The maximum Gasteiger partial charge on any atom is 0.220 e. The summed E-state index contributed by atoms with van der Waals surface area (Å²) in [6, 6.07) is 0.342. The Morgan fingerprint density at radius 3 is 3.14 bits per heavy atom. The molecule has 0 radical (unpaired) electrons. The van der Waals surface area contributed by atoms with Crippen molar-refractivity contribution in [3.8, 4) is 0 Å². The minimum Gasteiger partial charge on any atom is -0.382 e. The van der Waals surface area contributed by atoms with Gasteiger partial charge in [-0.25, -0.2) is 0 Å². The third-order valence-corrected chi connectivity index (χ3v) is 2.32. The van der Waals surface area contributed by atoms with Crippen molar-refractivity contribution in [3.63, 3.8) is 0 Å².